The Labute approximate surface area is 93.1 Å². The van der Waals surface area contributed by atoms with Gasteiger partial charge in [0.25, 0.3) is 5.91 Å². The van der Waals surface area contributed by atoms with Gasteiger partial charge in [-0.3, -0.25) is 4.79 Å². The summed E-state index contributed by atoms with van der Waals surface area (Å²) in [6, 6.07) is -0.692. The molecule has 1 fully saturated rings. The molecule has 0 aromatic heterocycles. The van der Waals surface area contributed by atoms with Crippen molar-refractivity contribution in [3.8, 4) is 0 Å². The maximum Gasteiger partial charge on any atom is 0.357 e. The van der Waals surface area contributed by atoms with Gasteiger partial charge in [-0.15, -0.1) is 0 Å². The van der Waals surface area contributed by atoms with Crippen LogP contribution >= 0.6 is 46.1 Å². The molecule has 0 spiro atoms. The Morgan fingerprint density at radius 1 is 1.50 bits per heavy atom. The fraction of sp³-hybridized carbons (Fsp3) is 0.600. The number of alkyl halides is 1. The van der Waals surface area contributed by atoms with Gasteiger partial charge < -0.3 is 0 Å². The SMILES string of the molecule is CC1(CI)C(=O)N(Cl)C(=O)N1Cl. The molecule has 1 unspecified atom stereocenters. The Bertz CT molecular complexity index is 250. The lowest BCUT2D eigenvalue weighted by molar-refractivity contribution is -0.127. The molecule has 7 heteroatoms. The van der Waals surface area contributed by atoms with Gasteiger partial charge in [-0.25, -0.2) is 9.21 Å². The number of amides is 3. The number of carbonyl (C=O) groups excluding carboxylic acids is 2. The van der Waals surface area contributed by atoms with E-state index in [1.165, 1.54) is 0 Å². The van der Waals surface area contributed by atoms with E-state index in [0.717, 1.165) is 4.42 Å². The number of halogens is 3. The second kappa shape index (κ2) is 3.19. The highest BCUT2D eigenvalue weighted by atomic mass is 127. The molecular formula is C5H5Cl2IN2O2. The molecule has 0 bridgehead atoms. The predicted octanol–water partition coefficient (Wildman–Crippen LogP) is 1.75. The monoisotopic (exact) mass is 322 g/mol. The van der Waals surface area contributed by atoms with E-state index in [0.29, 0.717) is 8.85 Å². The van der Waals surface area contributed by atoms with Crippen LogP contribution < -0.4 is 0 Å². The van der Waals surface area contributed by atoms with E-state index in [4.69, 9.17) is 23.6 Å². The lowest BCUT2D eigenvalue weighted by Crippen LogP contribution is -2.43. The van der Waals surface area contributed by atoms with Crippen molar-refractivity contribution in [2.75, 3.05) is 4.43 Å². The van der Waals surface area contributed by atoms with E-state index in [2.05, 4.69) is 0 Å². The zero-order valence-electron chi connectivity index (χ0n) is 6.05. The molecule has 1 heterocycles. The van der Waals surface area contributed by atoms with Crippen molar-refractivity contribution in [1.29, 1.82) is 0 Å². The molecular weight excluding hydrogens is 318 g/mol. The summed E-state index contributed by atoms with van der Waals surface area (Å²) in [5.41, 5.74) is -1.01. The molecule has 0 aliphatic carbocycles. The van der Waals surface area contributed by atoms with Gasteiger partial charge in [-0.1, -0.05) is 22.6 Å². The first-order valence-electron chi connectivity index (χ1n) is 3.01. The summed E-state index contributed by atoms with van der Waals surface area (Å²) >= 11 is 12.9. The van der Waals surface area contributed by atoms with Gasteiger partial charge in [-0.05, 0) is 6.92 Å². The van der Waals surface area contributed by atoms with Crippen LogP contribution in [-0.2, 0) is 4.79 Å². The summed E-state index contributed by atoms with van der Waals surface area (Å²) in [6.45, 7) is 1.56. The first-order valence-corrected chi connectivity index (χ1v) is 5.21. The first kappa shape index (κ1) is 10.3. The highest BCUT2D eigenvalue weighted by molar-refractivity contribution is 14.1. The van der Waals surface area contributed by atoms with Gasteiger partial charge in [0.2, 0.25) is 0 Å². The van der Waals surface area contributed by atoms with Crippen molar-refractivity contribution in [2.24, 2.45) is 0 Å². The summed E-state index contributed by atoms with van der Waals surface area (Å²) in [7, 11) is 0. The van der Waals surface area contributed by atoms with Gasteiger partial charge in [0, 0.05) is 28.0 Å². The molecule has 0 aromatic rings. The van der Waals surface area contributed by atoms with Gasteiger partial charge in [-0.2, -0.15) is 4.42 Å². The highest BCUT2D eigenvalue weighted by Gasteiger charge is 2.53. The zero-order chi connectivity index (χ0) is 9.52. The number of imide groups is 1. The largest absolute Gasteiger partial charge is 0.357 e. The van der Waals surface area contributed by atoms with Gasteiger partial charge in [0.15, 0.2) is 0 Å². The minimum atomic E-state index is -1.01. The molecule has 0 N–H and O–H groups in total. The number of urea groups is 1. The average molecular weight is 323 g/mol. The fourth-order valence-corrected chi connectivity index (χ4v) is 2.15. The van der Waals surface area contributed by atoms with Crippen molar-refractivity contribution in [3.05, 3.63) is 0 Å². The molecule has 1 atom stereocenters. The van der Waals surface area contributed by atoms with Crippen molar-refractivity contribution >= 4 is 58.1 Å². The quantitative estimate of drug-likeness (QED) is 0.319. The van der Waals surface area contributed by atoms with Crippen LogP contribution in [0.5, 0.6) is 0 Å². The Kier molecular flexibility index (Phi) is 2.75. The average Bonchev–Trinajstić information content (AvgIpc) is 2.22. The summed E-state index contributed by atoms with van der Waals surface area (Å²) in [5.74, 6) is -0.487. The number of rotatable bonds is 1. The molecule has 12 heavy (non-hydrogen) atoms. The van der Waals surface area contributed by atoms with Crippen molar-refractivity contribution in [2.45, 2.75) is 12.5 Å². The lowest BCUT2D eigenvalue weighted by Gasteiger charge is -2.22. The second-order valence-corrected chi connectivity index (χ2v) is 4.00. The molecule has 0 radical (unpaired) electrons. The normalized spacial score (nSPS) is 30.3. The topological polar surface area (TPSA) is 40.6 Å². The zero-order valence-corrected chi connectivity index (χ0v) is 9.72. The van der Waals surface area contributed by atoms with E-state index in [9.17, 15) is 9.59 Å². The van der Waals surface area contributed by atoms with Crippen LogP contribution in [-0.4, -0.2) is 30.7 Å². The molecule has 3 amide bonds. The third-order valence-corrected chi connectivity index (χ3v) is 3.97. The van der Waals surface area contributed by atoms with Crippen LogP contribution in [0.15, 0.2) is 0 Å². The van der Waals surface area contributed by atoms with Crippen molar-refractivity contribution in [3.63, 3.8) is 0 Å². The number of hydrogen-bond acceptors (Lipinski definition) is 2. The number of hydrogen-bond donors (Lipinski definition) is 0. The van der Waals surface area contributed by atoms with Gasteiger partial charge >= 0.3 is 6.03 Å². The van der Waals surface area contributed by atoms with E-state index >= 15 is 0 Å². The molecule has 4 nitrogen and oxygen atoms in total. The summed E-state index contributed by atoms with van der Waals surface area (Å²) in [4.78, 5) is 22.4. The van der Waals surface area contributed by atoms with Crippen molar-refractivity contribution in [1.82, 2.24) is 8.84 Å². The maximum absolute atomic E-state index is 11.3. The Morgan fingerprint density at radius 2 is 2.00 bits per heavy atom. The summed E-state index contributed by atoms with van der Waals surface area (Å²) < 4.78 is 1.74. The Balaban J connectivity index is 3.06. The number of carbonyl (C=O) groups is 2. The summed E-state index contributed by atoms with van der Waals surface area (Å²) in [5, 5.41) is 0. The molecule has 1 saturated heterocycles. The summed E-state index contributed by atoms with van der Waals surface area (Å²) in [6.07, 6.45) is 0. The standard InChI is InChI=1S/C5H5Cl2IN2O2/c1-5(2-8)3(11)9(6)4(12)10(5)7/h2H2,1H3. The fourth-order valence-electron chi connectivity index (χ4n) is 0.780. The minimum absolute atomic E-state index is 0.405. The van der Waals surface area contributed by atoms with Crippen LogP contribution in [0.3, 0.4) is 0 Å². The maximum atomic E-state index is 11.3. The van der Waals surface area contributed by atoms with E-state index in [1.54, 1.807) is 6.92 Å². The molecule has 68 valence electrons. The first-order chi connectivity index (χ1) is 5.45. The third-order valence-electron chi connectivity index (χ3n) is 1.67. The Morgan fingerprint density at radius 3 is 2.17 bits per heavy atom. The van der Waals surface area contributed by atoms with Crippen LogP contribution in [0, 0.1) is 0 Å². The third kappa shape index (κ3) is 1.18. The molecule has 0 aromatic carbocycles. The minimum Gasteiger partial charge on any atom is -0.270 e. The van der Waals surface area contributed by atoms with Gasteiger partial charge in [0.05, 0.1) is 0 Å². The van der Waals surface area contributed by atoms with E-state index in [-0.39, 0.29) is 0 Å². The molecule has 1 aliphatic heterocycles. The van der Waals surface area contributed by atoms with E-state index < -0.39 is 17.5 Å². The van der Waals surface area contributed by atoms with Crippen LogP contribution in [0.1, 0.15) is 6.92 Å². The van der Waals surface area contributed by atoms with Crippen LogP contribution in [0.4, 0.5) is 4.79 Å². The molecule has 1 rings (SSSR count). The molecule has 0 saturated carbocycles. The predicted molar refractivity (Wildman–Crippen MR) is 53.1 cm³/mol. The van der Waals surface area contributed by atoms with Gasteiger partial charge in [0.1, 0.15) is 5.54 Å². The lowest BCUT2D eigenvalue weighted by atomic mass is 10.1. The number of nitrogens with zero attached hydrogens (tertiary/aromatic N) is 2. The second-order valence-electron chi connectivity index (χ2n) is 2.56. The van der Waals surface area contributed by atoms with Crippen LogP contribution in [0.25, 0.3) is 0 Å². The molecule has 1 aliphatic rings. The smallest absolute Gasteiger partial charge is 0.270 e. The van der Waals surface area contributed by atoms with Crippen LogP contribution in [0.2, 0.25) is 0 Å². The van der Waals surface area contributed by atoms with E-state index in [1.807, 2.05) is 22.6 Å². The highest BCUT2D eigenvalue weighted by Crippen LogP contribution is 2.32. The Hall–Kier alpha value is 0.250. The van der Waals surface area contributed by atoms with Crippen molar-refractivity contribution < 1.29 is 9.59 Å².